The third kappa shape index (κ3) is 2.88. The van der Waals surface area contributed by atoms with Crippen molar-refractivity contribution in [1.82, 2.24) is 4.98 Å². The number of pyridine rings is 1. The lowest BCUT2D eigenvalue weighted by atomic mass is 10.1. The molecule has 0 unspecified atom stereocenters. The minimum Gasteiger partial charge on any atom is -0.380 e. The molecule has 1 N–H and O–H groups in total. The van der Waals surface area contributed by atoms with Crippen LogP contribution >= 0.6 is 34.2 Å². The molecule has 2 nitrogen and oxygen atoms in total. The highest BCUT2D eigenvalue weighted by Gasteiger charge is 2.04. The van der Waals surface area contributed by atoms with Gasteiger partial charge in [-0.25, -0.2) is 0 Å². The molecule has 0 aliphatic carbocycles. The molecule has 0 atom stereocenters. The number of nitrogens with zero attached hydrogens (tertiary/aromatic N) is 1. The van der Waals surface area contributed by atoms with Crippen LogP contribution in [0.2, 0.25) is 5.02 Å². The van der Waals surface area contributed by atoms with E-state index in [1.165, 1.54) is 5.56 Å². The Balaban J connectivity index is 1.87. The number of anilines is 1. The smallest absolute Gasteiger partial charge is 0.0751 e. The number of hydrogen-bond donors (Lipinski definition) is 1. The lowest BCUT2D eigenvalue weighted by Gasteiger charge is -2.10. The van der Waals surface area contributed by atoms with Crippen molar-refractivity contribution >= 4 is 50.8 Å². The van der Waals surface area contributed by atoms with Crippen LogP contribution in [0.25, 0.3) is 10.9 Å². The second-order valence-electron chi connectivity index (χ2n) is 4.47. The molecule has 0 radical (unpaired) electrons. The first-order chi connectivity index (χ1) is 9.74. The first-order valence-corrected chi connectivity index (χ1v) is 7.71. The van der Waals surface area contributed by atoms with Gasteiger partial charge < -0.3 is 5.32 Å². The Labute approximate surface area is 136 Å². The number of halogens is 2. The molecule has 20 heavy (non-hydrogen) atoms. The van der Waals surface area contributed by atoms with E-state index in [2.05, 4.69) is 57.2 Å². The van der Waals surface area contributed by atoms with Gasteiger partial charge in [-0.15, -0.1) is 0 Å². The summed E-state index contributed by atoms with van der Waals surface area (Å²) in [7, 11) is 0. The summed E-state index contributed by atoms with van der Waals surface area (Å²) >= 11 is 8.25. The standard InChI is InChI=1S/C16H12ClIN2/c17-13-6-7-15(14(18)9-13)20-10-12-4-1-3-11-5-2-8-19-16(11)12/h1-9,20H,10H2. The minimum atomic E-state index is 0.742. The quantitative estimate of drug-likeness (QED) is 0.625. The minimum absolute atomic E-state index is 0.742. The zero-order chi connectivity index (χ0) is 13.9. The molecule has 100 valence electrons. The molecule has 1 aromatic heterocycles. The van der Waals surface area contributed by atoms with E-state index < -0.39 is 0 Å². The molecule has 0 saturated carbocycles. The third-order valence-corrected chi connectivity index (χ3v) is 4.24. The first kappa shape index (κ1) is 13.6. The molecule has 0 amide bonds. The summed E-state index contributed by atoms with van der Waals surface area (Å²) in [5, 5.41) is 5.36. The second-order valence-corrected chi connectivity index (χ2v) is 6.07. The molecule has 0 bridgehead atoms. The number of fused-ring (bicyclic) bond motifs is 1. The van der Waals surface area contributed by atoms with Crippen molar-refractivity contribution in [3.8, 4) is 0 Å². The summed E-state index contributed by atoms with van der Waals surface area (Å²) in [5.74, 6) is 0. The van der Waals surface area contributed by atoms with Crippen molar-refractivity contribution < 1.29 is 0 Å². The average Bonchev–Trinajstić information content (AvgIpc) is 2.46. The average molecular weight is 395 g/mol. The maximum absolute atomic E-state index is 5.97. The molecule has 3 rings (SSSR count). The molecule has 0 aliphatic rings. The van der Waals surface area contributed by atoms with E-state index in [1.807, 2.05) is 30.5 Å². The maximum atomic E-state index is 5.97. The highest BCUT2D eigenvalue weighted by molar-refractivity contribution is 14.1. The van der Waals surface area contributed by atoms with Crippen molar-refractivity contribution in [2.45, 2.75) is 6.54 Å². The monoisotopic (exact) mass is 394 g/mol. The van der Waals surface area contributed by atoms with Gasteiger partial charge in [-0.05, 0) is 52.4 Å². The van der Waals surface area contributed by atoms with Crippen molar-refractivity contribution in [2.75, 3.05) is 5.32 Å². The van der Waals surface area contributed by atoms with Crippen LogP contribution in [0.4, 0.5) is 5.69 Å². The molecular weight excluding hydrogens is 383 g/mol. The van der Waals surface area contributed by atoms with E-state index >= 15 is 0 Å². The van der Waals surface area contributed by atoms with Gasteiger partial charge in [0.25, 0.3) is 0 Å². The van der Waals surface area contributed by atoms with Crippen LogP contribution in [0.5, 0.6) is 0 Å². The lowest BCUT2D eigenvalue weighted by Crippen LogP contribution is -2.02. The number of benzene rings is 2. The summed E-state index contributed by atoms with van der Waals surface area (Å²) in [6.07, 6.45) is 1.83. The normalized spacial score (nSPS) is 10.7. The second kappa shape index (κ2) is 5.97. The number of aromatic nitrogens is 1. The van der Waals surface area contributed by atoms with Crippen LogP contribution in [0, 0.1) is 3.57 Å². The molecule has 3 aromatic rings. The Morgan fingerprint density at radius 3 is 2.80 bits per heavy atom. The van der Waals surface area contributed by atoms with E-state index in [1.54, 1.807) is 0 Å². The summed E-state index contributed by atoms with van der Waals surface area (Å²) in [4.78, 5) is 4.47. The van der Waals surface area contributed by atoms with Crippen LogP contribution in [-0.2, 0) is 6.54 Å². The van der Waals surface area contributed by atoms with Crippen molar-refractivity contribution in [2.24, 2.45) is 0 Å². The molecule has 0 spiro atoms. The van der Waals surface area contributed by atoms with Gasteiger partial charge in [0.2, 0.25) is 0 Å². The highest BCUT2D eigenvalue weighted by Crippen LogP contribution is 2.24. The predicted octanol–water partition coefficient (Wildman–Crippen LogP) is 5.10. The number of hydrogen-bond acceptors (Lipinski definition) is 2. The lowest BCUT2D eigenvalue weighted by molar-refractivity contribution is 1.15. The van der Waals surface area contributed by atoms with Gasteiger partial charge >= 0.3 is 0 Å². The van der Waals surface area contributed by atoms with E-state index in [0.717, 1.165) is 31.7 Å². The number of nitrogens with one attached hydrogen (secondary N) is 1. The molecule has 0 aliphatic heterocycles. The number of rotatable bonds is 3. The van der Waals surface area contributed by atoms with E-state index in [-0.39, 0.29) is 0 Å². The van der Waals surface area contributed by atoms with Crippen molar-refractivity contribution in [3.63, 3.8) is 0 Å². The molecular formula is C16H12ClIN2. The largest absolute Gasteiger partial charge is 0.380 e. The molecule has 0 saturated heterocycles. The summed E-state index contributed by atoms with van der Waals surface area (Å²) in [5.41, 5.74) is 3.32. The first-order valence-electron chi connectivity index (χ1n) is 6.25. The van der Waals surface area contributed by atoms with Gasteiger partial charge in [-0.2, -0.15) is 0 Å². The summed E-state index contributed by atoms with van der Waals surface area (Å²) in [6.45, 7) is 0.742. The Hall–Kier alpha value is -1.33. The topological polar surface area (TPSA) is 24.9 Å². The maximum Gasteiger partial charge on any atom is 0.0751 e. The molecule has 1 heterocycles. The van der Waals surface area contributed by atoms with Crippen LogP contribution in [0.3, 0.4) is 0 Å². The Kier molecular flexibility index (Phi) is 4.08. The zero-order valence-electron chi connectivity index (χ0n) is 10.6. The van der Waals surface area contributed by atoms with Crippen LogP contribution in [0.15, 0.2) is 54.7 Å². The Bertz CT molecular complexity index is 753. The van der Waals surface area contributed by atoms with Crippen LogP contribution in [0.1, 0.15) is 5.56 Å². The summed E-state index contributed by atoms with van der Waals surface area (Å²) < 4.78 is 1.11. The van der Waals surface area contributed by atoms with Crippen molar-refractivity contribution in [1.29, 1.82) is 0 Å². The number of para-hydroxylation sites is 1. The highest BCUT2D eigenvalue weighted by atomic mass is 127. The SMILES string of the molecule is Clc1ccc(NCc2cccc3cccnc23)c(I)c1. The van der Waals surface area contributed by atoms with Crippen LogP contribution < -0.4 is 5.32 Å². The zero-order valence-corrected chi connectivity index (χ0v) is 13.5. The summed E-state index contributed by atoms with van der Waals surface area (Å²) in [6, 6.07) is 16.1. The van der Waals surface area contributed by atoms with Gasteiger partial charge in [0.1, 0.15) is 0 Å². The fourth-order valence-corrected chi connectivity index (χ4v) is 3.20. The van der Waals surface area contributed by atoms with E-state index in [9.17, 15) is 0 Å². The third-order valence-electron chi connectivity index (χ3n) is 3.12. The van der Waals surface area contributed by atoms with Gasteiger partial charge in [-0.3, -0.25) is 4.98 Å². The molecule has 4 heteroatoms. The van der Waals surface area contributed by atoms with E-state index in [4.69, 9.17) is 11.6 Å². The molecule has 0 fully saturated rings. The van der Waals surface area contributed by atoms with Crippen molar-refractivity contribution in [3.05, 3.63) is 68.9 Å². The Morgan fingerprint density at radius 1 is 1.10 bits per heavy atom. The van der Waals surface area contributed by atoms with Crippen LogP contribution in [-0.4, -0.2) is 4.98 Å². The fraction of sp³-hybridized carbons (Fsp3) is 0.0625. The van der Waals surface area contributed by atoms with E-state index in [0.29, 0.717) is 0 Å². The van der Waals surface area contributed by atoms with Gasteiger partial charge in [0.05, 0.1) is 5.52 Å². The fourth-order valence-electron chi connectivity index (χ4n) is 2.13. The Morgan fingerprint density at radius 2 is 1.95 bits per heavy atom. The van der Waals surface area contributed by atoms with Gasteiger partial charge in [-0.1, -0.05) is 35.9 Å². The van der Waals surface area contributed by atoms with Gasteiger partial charge in [0, 0.05) is 32.4 Å². The predicted molar refractivity (Wildman–Crippen MR) is 93.2 cm³/mol. The van der Waals surface area contributed by atoms with Gasteiger partial charge in [0.15, 0.2) is 0 Å². The molecule has 2 aromatic carbocycles.